The molecule has 0 radical (unpaired) electrons. The van der Waals surface area contributed by atoms with Crippen molar-refractivity contribution in [3.05, 3.63) is 331 Å². The molecule has 126 heavy (non-hydrogen) atoms. The molecule has 0 spiro atoms. The lowest BCUT2D eigenvalue weighted by Crippen LogP contribution is -2.26. The largest absolute Gasteiger partial charge is 0.313 e. The molecule has 4 aromatic heterocycles. The van der Waals surface area contributed by atoms with Crippen molar-refractivity contribution in [2.24, 2.45) is 0 Å². The van der Waals surface area contributed by atoms with Crippen molar-refractivity contribution in [3.63, 3.8) is 0 Å². The summed E-state index contributed by atoms with van der Waals surface area (Å²) in [6, 6.07) is 55.5. The summed E-state index contributed by atoms with van der Waals surface area (Å²) in [5.74, 6) is -3.36. The first-order valence-electron chi connectivity index (χ1n) is 41.6. The van der Waals surface area contributed by atoms with Crippen molar-refractivity contribution in [2.45, 2.75) is 153 Å². The zero-order valence-electron chi connectivity index (χ0n) is 73.6. The van der Waals surface area contributed by atoms with Crippen molar-refractivity contribution in [1.29, 1.82) is 0 Å². The molecule has 12 aromatic rings. The smallest absolute Gasteiger partial charge is 0.226 e. The topological polar surface area (TPSA) is 201 Å². The van der Waals surface area contributed by atoms with Gasteiger partial charge in [0.2, 0.25) is 35.5 Å². The highest BCUT2D eigenvalue weighted by Gasteiger charge is 2.24. The second kappa shape index (κ2) is 44.9. The molecule has 4 heterocycles. The summed E-state index contributed by atoms with van der Waals surface area (Å²) in [5.41, 5.74) is 17.5. The van der Waals surface area contributed by atoms with Crippen LogP contribution in [0, 0.1) is 83.6 Å². The van der Waals surface area contributed by atoms with Crippen LogP contribution in [0.1, 0.15) is 182 Å². The zero-order chi connectivity index (χ0) is 91.9. The van der Waals surface area contributed by atoms with Gasteiger partial charge in [-0.3, -0.25) is 43.3 Å². The van der Waals surface area contributed by atoms with Crippen LogP contribution < -0.4 is 19.6 Å². The molecule has 8 aromatic carbocycles. The molecule has 0 aliphatic carbocycles. The Labute approximate surface area is 737 Å². The number of pyridine rings is 4. The SMILES string of the molecule is CCC(=O)N(C)c1ccc(-c2ccc(C(=O)CCc3ccc(C)nc3C)cc2)c(C)c1F.CCC(=O)N(C)c1ccc(-c2ccc(C(=O)CCc3ccc(Cl)nc3)cc2)c(C)c1F.CCC(=O)N(C)c1ccc(-c2ccc(C(=O)CCc3ccc(F)nc3)cc2)c(C)c1F.CCC(=O)N(C)c1ccc(-c2ccc(C(=O)CCc3ccc(F)nc3C)cc2)c(C)c1F. The summed E-state index contributed by atoms with van der Waals surface area (Å²) in [5, 5.41) is 0.425. The molecule has 23 heteroatoms. The highest BCUT2D eigenvalue weighted by atomic mass is 35.5. The number of ketones is 4. The molecule has 652 valence electrons. The maximum absolute atomic E-state index is 15.0. The van der Waals surface area contributed by atoms with E-state index in [9.17, 15) is 64.7 Å². The average Bonchev–Trinajstić information content (AvgIpc) is 0.807. The Bertz CT molecular complexity index is 5590. The maximum atomic E-state index is 15.0. The Balaban J connectivity index is 0.000000190. The molecular formula is C103H103ClF6N8O8. The number of rotatable bonds is 28. The van der Waals surface area contributed by atoms with Gasteiger partial charge in [0, 0.05) is 131 Å². The molecule has 4 amide bonds. The first-order valence-corrected chi connectivity index (χ1v) is 42.0. The third-order valence-corrected chi connectivity index (χ3v) is 22.5. The van der Waals surface area contributed by atoms with E-state index in [1.807, 2.05) is 62.4 Å². The number of nitrogens with zero attached hydrogens (tertiary/aromatic N) is 8. The van der Waals surface area contributed by atoms with Crippen molar-refractivity contribution >= 4 is 81.1 Å². The van der Waals surface area contributed by atoms with Gasteiger partial charge in [-0.1, -0.05) is 185 Å². The molecule has 0 saturated carbocycles. The van der Waals surface area contributed by atoms with Gasteiger partial charge >= 0.3 is 0 Å². The summed E-state index contributed by atoms with van der Waals surface area (Å²) in [4.78, 5) is 119. The molecule has 0 atom stereocenters. The lowest BCUT2D eigenvalue weighted by Gasteiger charge is -2.19. The van der Waals surface area contributed by atoms with Gasteiger partial charge < -0.3 is 19.6 Å². The summed E-state index contributed by atoms with van der Waals surface area (Å²) in [6.07, 6.45) is 7.84. The van der Waals surface area contributed by atoms with Gasteiger partial charge in [-0.15, -0.1) is 0 Å². The van der Waals surface area contributed by atoms with Crippen LogP contribution in [0.3, 0.4) is 0 Å². The molecule has 0 aliphatic heterocycles. The molecule has 0 N–H and O–H groups in total. The number of aryl methyl sites for hydroxylation is 7. The van der Waals surface area contributed by atoms with E-state index in [2.05, 4.69) is 19.9 Å². The van der Waals surface area contributed by atoms with E-state index < -0.39 is 35.2 Å². The van der Waals surface area contributed by atoms with E-state index in [4.69, 9.17) is 11.6 Å². The van der Waals surface area contributed by atoms with Crippen LogP contribution in [0.4, 0.5) is 49.1 Å². The molecule has 16 nitrogen and oxygen atoms in total. The van der Waals surface area contributed by atoms with Crippen LogP contribution in [0.25, 0.3) is 44.5 Å². The van der Waals surface area contributed by atoms with Gasteiger partial charge in [-0.25, -0.2) is 32.5 Å². The summed E-state index contributed by atoms with van der Waals surface area (Å²) in [7, 11) is 6.28. The number of halogens is 7. The Hall–Kier alpha value is -13.2. The number of Topliss-reactive ketones (excluding diaryl/α,β-unsaturated/α-hetero) is 4. The Morgan fingerprint density at radius 1 is 0.302 bits per heavy atom. The Morgan fingerprint density at radius 3 is 0.833 bits per heavy atom. The number of hydrogen-bond donors (Lipinski definition) is 0. The number of anilines is 4. The number of hydrogen-bond acceptors (Lipinski definition) is 12. The number of benzene rings is 8. The van der Waals surface area contributed by atoms with Crippen LogP contribution in [0.5, 0.6) is 0 Å². The van der Waals surface area contributed by atoms with E-state index in [1.165, 1.54) is 37.9 Å². The van der Waals surface area contributed by atoms with E-state index in [0.29, 0.717) is 131 Å². The first-order chi connectivity index (χ1) is 60.1. The monoisotopic (exact) mass is 1730 g/mol. The predicted octanol–water partition coefficient (Wildman–Crippen LogP) is 23.4. The summed E-state index contributed by atoms with van der Waals surface area (Å²) >= 11 is 5.78. The lowest BCUT2D eigenvalue weighted by molar-refractivity contribution is -0.118. The van der Waals surface area contributed by atoms with E-state index in [0.717, 1.165) is 67.0 Å². The Morgan fingerprint density at radius 2 is 0.571 bits per heavy atom. The molecule has 0 bridgehead atoms. The van der Waals surface area contributed by atoms with Crippen LogP contribution >= 0.6 is 11.6 Å². The third-order valence-electron chi connectivity index (χ3n) is 22.3. The van der Waals surface area contributed by atoms with Crippen LogP contribution in [-0.4, -0.2) is 94.9 Å². The standard InChI is InChI=1S/C27H29FN2O2.C26H26F2N2O2.C25H24ClFN2O2.C25H24F2N2O2/c1-6-26(32)30(5)24-15-14-23(18(3)27(24)28)21-9-11-22(12-10-21)25(31)16-13-20-8-7-17(2)29-19(20)4;1-5-25(32)30(4)22-13-12-21(16(2)26(22)28)19-6-8-20(9-7-19)23(31)14-10-18-11-15-24(27)29-17(18)3;2*1-4-24(31)29(3)21-12-11-20(16(2)25(21)27)18-7-9-19(10-8-18)22(30)13-5-17-6-14-23(26)28-15-17/h7-12,14-15H,6,13,16H2,1-5H3;6-9,11-13,15H,5,10,14H2,1-4H3;2*6-12,14-15H,4-5,13H2,1-3H3. The fraction of sp³-hybridized carbons (Fsp3) is 0.262. The van der Waals surface area contributed by atoms with Crippen molar-refractivity contribution in [1.82, 2.24) is 19.9 Å². The second-order valence-corrected chi connectivity index (χ2v) is 31.0. The van der Waals surface area contributed by atoms with Gasteiger partial charge in [0.05, 0.1) is 22.7 Å². The second-order valence-electron chi connectivity index (χ2n) is 30.6. The van der Waals surface area contributed by atoms with Crippen molar-refractivity contribution < 1.29 is 64.7 Å². The summed E-state index contributed by atoms with van der Waals surface area (Å²) < 4.78 is 85.8. The lowest BCUT2D eigenvalue weighted by atomic mass is 9.96. The maximum Gasteiger partial charge on any atom is 0.226 e. The fourth-order valence-electron chi connectivity index (χ4n) is 14.3. The number of amides is 4. The highest BCUT2D eigenvalue weighted by molar-refractivity contribution is 6.29. The van der Waals surface area contributed by atoms with Gasteiger partial charge in [0.15, 0.2) is 23.1 Å². The minimum Gasteiger partial charge on any atom is -0.313 e. The van der Waals surface area contributed by atoms with E-state index in [1.54, 1.807) is 230 Å². The number of carbonyl (C=O) groups is 8. The van der Waals surface area contributed by atoms with Crippen molar-refractivity contribution in [2.75, 3.05) is 47.8 Å². The number of aromatic nitrogens is 4. The van der Waals surface area contributed by atoms with Crippen LogP contribution in [-0.2, 0) is 44.9 Å². The minimum absolute atomic E-state index is 0.0273. The first kappa shape index (κ1) is 96.6. The van der Waals surface area contributed by atoms with Crippen LogP contribution in [0.15, 0.2) is 207 Å². The quantitative estimate of drug-likeness (QED) is 0.0255. The molecule has 0 unspecified atom stereocenters. The molecule has 12 rings (SSSR count). The summed E-state index contributed by atoms with van der Waals surface area (Å²) in [6.45, 7) is 19.3. The van der Waals surface area contributed by atoms with Gasteiger partial charge in [0.1, 0.15) is 28.4 Å². The molecule has 0 fully saturated rings. The average molecular weight is 1730 g/mol. The van der Waals surface area contributed by atoms with E-state index >= 15 is 0 Å². The normalized spacial score (nSPS) is 10.8. The zero-order valence-corrected chi connectivity index (χ0v) is 74.4. The molecule has 0 aliphatic rings. The fourth-order valence-corrected chi connectivity index (χ4v) is 14.4. The molecular weight excluding hydrogens is 1630 g/mol. The minimum atomic E-state index is -0.547. The van der Waals surface area contributed by atoms with E-state index in [-0.39, 0.29) is 82.4 Å². The van der Waals surface area contributed by atoms with Gasteiger partial charge in [-0.05, 0) is 212 Å². The highest BCUT2D eigenvalue weighted by Crippen LogP contribution is 2.37. The molecule has 0 saturated heterocycles. The van der Waals surface area contributed by atoms with Crippen molar-refractivity contribution in [3.8, 4) is 44.5 Å². The van der Waals surface area contributed by atoms with Gasteiger partial charge in [0.25, 0.3) is 0 Å². The Kier molecular flexibility index (Phi) is 34.4. The van der Waals surface area contributed by atoms with Gasteiger partial charge in [-0.2, -0.15) is 8.78 Å². The van der Waals surface area contributed by atoms with Crippen LogP contribution in [0.2, 0.25) is 5.15 Å². The number of carbonyl (C=O) groups excluding carboxylic acids is 8. The predicted molar refractivity (Wildman–Crippen MR) is 488 cm³/mol. The third kappa shape index (κ3) is 24.6.